The summed E-state index contributed by atoms with van der Waals surface area (Å²) in [4.78, 5) is 28.4. The van der Waals surface area contributed by atoms with Gasteiger partial charge in [0.05, 0.1) is 13.7 Å². The van der Waals surface area contributed by atoms with Crippen molar-refractivity contribution in [3.8, 4) is 5.75 Å². The molecule has 0 unspecified atom stereocenters. The lowest BCUT2D eigenvalue weighted by Gasteiger charge is -2.28. The summed E-state index contributed by atoms with van der Waals surface area (Å²) in [6.45, 7) is 5.22. The number of amides is 2. The Morgan fingerprint density at radius 3 is 2.37 bits per heavy atom. The van der Waals surface area contributed by atoms with Crippen LogP contribution in [0.4, 0.5) is 0 Å². The molecule has 1 aromatic carbocycles. The third-order valence-electron chi connectivity index (χ3n) is 5.40. The van der Waals surface area contributed by atoms with Crippen molar-refractivity contribution >= 4 is 24.2 Å². The number of likely N-dealkylation sites (tertiary alicyclic amines) is 2. The van der Waals surface area contributed by atoms with Gasteiger partial charge in [0, 0.05) is 45.1 Å². The average molecular weight is 396 g/mol. The molecule has 0 saturated carbocycles. The number of benzene rings is 1. The van der Waals surface area contributed by atoms with E-state index in [2.05, 4.69) is 10.2 Å². The predicted octanol–water partition coefficient (Wildman–Crippen LogP) is 2.03. The highest BCUT2D eigenvalue weighted by Crippen LogP contribution is 2.29. The molecule has 2 aliphatic rings. The minimum Gasteiger partial charge on any atom is -0.497 e. The van der Waals surface area contributed by atoms with E-state index in [1.807, 2.05) is 29.2 Å². The van der Waals surface area contributed by atoms with Crippen molar-refractivity contribution in [1.29, 1.82) is 0 Å². The maximum absolute atomic E-state index is 12.6. The second-order valence-electron chi connectivity index (χ2n) is 7.32. The van der Waals surface area contributed by atoms with Gasteiger partial charge in [-0.15, -0.1) is 12.4 Å². The summed E-state index contributed by atoms with van der Waals surface area (Å²) in [6.07, 6.45) is 3.43. The third-order valence-corrected chi connectivity index (χ3v) is 5.40. The smallest absolute Gasteiger partial charge is 0.236 e. The standard InChI is InChI=1S/C20H29N3O3.ClH/c1-15(24)21-19-13-22(14-20(25)23-10-4-3-5-11-23)12-18(19)16-6-8-17(26-2)9-7-16;/h6-9,18-19H,3-5,10-14H2,1-2H3,(H,21,24);1H/t18-,19+;/m1./s1. The highest BCUT2D eigenvalue weighted by molar-refractivity contribution is 5.85. The van der Waals surface area contributed by atoms with Crippen molar-refractivity contribution in [2.45, 2.75) is 38.1 Å². The maximum atomic E-state index is 12.6. The molecule has 1 aromatic rings. The largest absolute Gasteiger partial charge is 0.497 e. The molecule has 1 N–H and O–H groups in total. The Labute approximate surface area is 167 Å². The van der Waals surface area contributed by atoms with Crippen LogP contribution in [-0.4, -0.2) is 67.5 Å². The van der Waals surface area contributed by atoms with Crippen molar-refractivity contribution in [3.05, 3.63) is 29.8 Å². The summed E-state index contributed by atoms with van der Waals surface area (Å²) < 4.78 is 5.23. The van der Waals surface area contributed by atoms with Crippen molar-refractivity contribution in [1.82, 2.24) is 15.1 Å². The summed E-state index contributed by atoms with van der Waals surface area (Å²) in [6, 6.07) is 8.02. The summed E-state index contributed by atoms with van der Waals surface area (Å²) in [5, 5.41) is 3.06. The van der Waals surface area contributed by atoms with Crippen LogP contribution in [0.25, 0.3) is 0 Å². The van der Waals surface area contributed by atoms with Gasteiger partial charge in [-0.25, -0.2) is 0 Å². The molecule has 2 atom stereocenters. The fraction of sp³-hybridized carbons (Fsp3) is 0.600. The van der Waals surface area contributed by atoms with Crippen molar-refractivity contribution in [3.63, 3.8) is 0 Å². The summed E-state index contributed by atoms with van der Waals surface area (Å²) in [7, 11) is 1.65. The Kier molecular flexibility index (Phi) is 7.92. The molecule has 6 nitrogen and oxygen atoms in total. The molecule has 2 aliphatic heterocycles. The molecule has 0 radical (unpaired) electrons. The molecule has 0 aliphatic carbocycles. The topological polar surface area (TPSA) is 61.9 Å². The Morgan fingerprint density at radius 1 is 1.11 bits per heavy atom. The fourth-order valence-corrected chi connectivity index (χ4v) is 4.05. The van der Waals surface area contributed by atoms with Crippen LogP contribution >= 0.6 is 12.4 Å². The Bertz CT molecular complexity index is 632. The minimum atomic E-state index is -0.0299. The molecule has 2 heterocycles. The van der Waals surface area contributed by atoms with E-state index < -0.39 is 0 Å². The summed E-state index contributed by atoms with van der Waals surface area (Å²) >= 11 is 0. The highest BCUT2D eigenvalue weighted by Gasteiger charge is 2.35. The monoisotopic (exact) mass is 395 g/mol. The van der Waals surface area contributed by atoms with E-state index in [0.29, 0.717) is 13.1 Å². The number of halogens is 1. The summed E-state index contributed by atoms with van der Waals surface area (Å²) in [5.74, 6) is 1.18. The Balaban J connectivity index is 0.00000261. The minimum absolute atomic E-state index is 0. The summed E-state index contributed by atoms with van der Waals surface area (Å²) in [5.41, 5.74) is 1.16. The molecule has 7 heteroatoms. The molecule has 0 spiro atoms. The van der Waals surface area contributed by atoms with E-state index in [1.54, 1.807) is 14.0 Å². The van der Waals surface area contributed by atoms with Crippen LogP contribution in [0.1, 0.15) is 37.7 Å². The highest BCUT2D eigenvalue weighted by atomic mass is 35.5. The first-order valence-corrected chi connectivity index (χ1v) is 9.48. The van der Waals surface area contributed by atoms with Gasteiger partial charge in [-0.1, -0.05) is 12.1 Å². The lowest BCUT2D eigenvalue weighted by Crippen LogP contribution is -2.43. The molecule has 2 amide bonds. The number of hydrogen-bond acceptors (Lipinski definition) is 4. The van der Waals surface area contributed by atoms with Crippen molar-refractivity contribution in [2.75, 3.05) is 39.8 Å². The Morgan fingerprint density at radius 2 is 1.78 bits per heavy atom. The van der Waals surface area contributed by atoms with Crippen molar-refractivity contribution in [2.24, 2.45) is 0 Å². The number of rotatable bonds is 5. The number of carbonyl (C=O) groups is 2. The van der Waals surface area contributed by atoms with Gasteiger partial charge in [0.1, 0.15) is 5.75 Å². The van der Waals surface area contributed by atoms with E-state index in [1.165, 1.54) is 6.42 Å². The zero-order valence-electron chi connectivity index (χ0n) is 16.1. The number of nitrogens with one attached hydrogen (secondary N) is 1. The predicted molar refractivity (Wildman–Crippen MR) is 107 cm³/mol. The number of methoxy groups -OCH3 is 1. The molecule has 2 saturated heterocycles. The quantitative estimate of drug-likeness (QED) is 0.828. The van der Waals surface area contributed by atoms with Crippen LogP contribution in [-0.2, 0) is 9.59 Å². The molecule has 150 valence electrons. The molecule has 27 heavy (non-hydrogen) atoms. The van der Waals surface area contributed by atoms with Gasteiger partial charge in [-0.05, 0) is 37.0 Å². The normalized spacial score (nSPS) is 22.8. The van der Waals surface area contributed by atoms with Gasteiger partial charge in [0.25, 0.3) is 0 Å². The molecule has 3 rings (SSSR count). The van der Waals surface area contributed by atoms with E-state index in [9.17, 15) is 9.59 Å². The number of piperidine rings is 1. The first-order valence-electron chi connectivity index (χ1n) is 9.48. The first-order chi connectivity index (χ1) is 12.6. The van der Waals surface area contributed by atoms with E-state index >= 15 is 0 Å². The van der Waals surface area contributed by atoms with E-state index in [-0.39, 0.29) is 36.2 Å². The van der Waals surface area contributed by atoms with Crippen LogP contribution in [0, 0.1) is 0 Å². The first kappa shape index (κ1) is 21.5. The van der Waals surface area contributed by atoms with E-state index in [0.717, 1.165) is 43.8 Å². The third kappa shape index (κ3) is 5.59. The molecular formula is C20H30ClN3O3. The number of carbonyl (C=O) groups excluding carboxylic acids is 2. The molecule has 2 fully saturated rings. The average Bonchev–Trinajstić information content (AvgIpc) is 3.04. The van der Waals surface area contributed by atoms with Gasteiger partial charge >= 0.3 is 0 Å². The molecule has 0 aromatic heterocycles. The van der Waals surface area contributed by atoms with Gasteiger partial charge in [-0.3, -0.25) is 14.5 Å². The number of ether oxygens (including phenoxy) is 1. The van der Waals surface area contributed by atoms with Gasteiger partial charge < -0.3 is 15.0 Å². The van der Waals surface area contributed by atoms with Crippen molar-refractivity contribution < 1.29 is 14.3 Å². The maximum Gasteiger partial charge on any atom is 0.236 e. The Hall–Kier alpha value is -1.79. The van der Waals surface area contributed by atoms with Crippen LogP contribution in [0.5, 0.6) is 5.75 Å². The zero-order chi connectivity index (χ0) is 18.5. The zero-order valence-corrected chi connectivity index (χ0v) is 17.0. The lowest BCUT2D eigenvalue weighted by atomic mass is 9.94. The SMILES string of the molecule is COc1ccc([C@H]2CN(CC(=O)N3CCCCC3)C[C@@H]2NC(C)=O)cc1.Cl. The van der Waals surface area contributed by atoms with Gasteiger partial charge in [-0.2, -0.15) is 0 Å². The number of hydrogen-bond donors (Lipinski definition) is 1. The van der Waals surface area contributed by atoms with Gasteiger partial charge in [0.15, 0.2) is 0 Å². The molecular weight excluding hydrogens is 366 g/mol. The molecule has 0 bridgehead atoms. The van der Waals surface area contributed by atoms with E-state index in [4.69, 9.17) is 4.74 Å². The lowest BCUT2D eigenvalue weighted by molar-refractivity contribution is -0.133. The fourth-order valence-electron chi connectivity index (χ4n) is 4.05. The van der Waals surface area contributed by atoms with Crippen LogP contribution < -0.4 is 10.1 Å². The van der Waals surface area contributed by atoms with Crippen LogP contribution in [0.3, 0.4) is 0 Å². The second-order valence-corrected chi connectivity index (χ2v) is 7.32. The van der Waals surface area contributed by atoms with Gasteiger partial charge in [0.2, 0.25) is 11.8 Å². The van der Waals surface area contributed by atoms with Crippen LogP contribution in [0.2, 0.25) is 0 Å². The number of nitrogens with zero attached hydrogens (tertiary/aromatic N) is 2. The second kappa shape index (κ2) is 9.95. The van der Waals surface area contributed by atoms with Crippen LogP contribution in [0.15, 0.2) is 24.3 Å².